The summed E-state index contributed by atoms with van der Waals surface area (Å²) in [5.41, 5.74) is -2.13. The number of hydrogen-bond donors (Lipinski definition) is 1. The molecular formula is C24H28BF4NO3. The van der Waals surface area contributed by atoms with Gasteiger partial charge in [0.25, 0.3) is 5.91 Å². The molecule has 0 saturated carbocycles. The van der Waals surface area contributed by atoms with E-state index >= 15 is 0 Å². The number of nitrogens with one attached hydrogen (secondary N) is 1. The summed E-state index contributed by atoms with van der Waals surface area (Å²) >= 11 is 0. The van der Waals surface area contributed by atoms with Crippen molar-refractivity contribution in [1.82, 2.24) is 0 Å². The van der Waals surface area contributed by atoms with Gasteiger partial charge in [0, 0.05) is 5.69 Å². The summed E-state index contributed by atoms with van der Waals surface area (Å²) in [4.78, 5) is 12.7. The summed E-state index contributed by atoms with van der Waals surface area (Å²) in [5.74, 6) is -1.79. The molecule has 2 aromatic rings. The van der Waals surface area contributed by atoms with Gasteiger partial charge in [-0.05, 0) is 83.3 Å². The third kappa shape index (κ3) is 4.53. The number of anilines is 1. The molecule has 0 aliphatic carbocycles. The highest BCUT2D eigenvalue weighted by atomic mass is 19.4. The zero-order valence-electron chi connectivity index (χ0n) is 19.8. The Balaban J connectivity index is 1.85. The third-order valence-electron chi connectivity index (χ3n) is 6.78. The van der Waals surface area contributed by atoms with Gasteiger partial charge in [0.2, 0.25) is 0 Å². The second-order valence-corrected chi connectivity index (χ2v) is 9.88. The van der Waals surface area contributed by atoms with Gasteiger partial charge in [-0.15, -0.1) is 0 Å². The number of amides is 1. The van der Waals surface area contributed by atoms with Gasteiger partial charge in [0.15, 0.2) is 0 Å². The lowest BCUT2D eigenvalue weighted by atomic mass is 9.76. The van der Waals surface area contributed by atoms with Gasteiger partial charge >= 0.3 is 13.3 Å². The van der Waals surface area contributed by atoms with Gasteiger partial charge in [-0.2, -0.15) is 13.2 Å². The van der Waals surface area contributed by atoms with Crippen molar-refractivity contribution in [2.24, 2.45) is 0 Å². The largest absolute Gasteiger partial charge is 0.495 e. The molecule has 1 aliphatic heterocycles. The molecule has 0 bridgehead atoms. The number of benzene rings is 2. The molecule has 1 heterocycles. The molecule has 1 fully saturated rings. The number of carbonyl (C=O) groups excluding carboxylic acids is 1. The molecule has 1 amide bonds. The molecule has 0 unspecified atom stereocenters. The molecule has 2 aromatic carbocycles. The van der Waals surface area contributed by atoms with Crippen LogP contribution in [0.3, 0.4) is 0 Å². The summed E-state index contributed by atoms with van der Waals surface area (Å²) in [6.45, 7) is 11.4. The number of rotatable bonds is 4. The first kappa shape index (κ1) is 25.2. The molecule has 1 N–H and O–H groups in total. The Morgan fingerprint density at radius 1 is 1.00 bits per heavy atom. The Morgan fingerprint density at radius 2 is 1.58 bits per heavy atom. The molecule has 0 atom stereocenters. The van der Waals surface area contributed by atoms with Gasteiger partial charge in [-0.3, -0.25) is 4.79 Å². The van der Waals surface area contributed by atoms with E-state index in [2.05, 4.69) is 5.32 Å². The van der Waals surface area contributed by atoms with Crippen LogP contribution in [0.15, 0.2) is 36.4 Å². The lowest BCUT2D eigenvalue weighted by Crippen LogP contribution is -2.41. The van der Waals surface area contributed by atoms with Crippen LogP contribution in [-0.4, -0.2) is 30.4 Å². The summed E-state index contributed by atoms with van der Waals surface area (Å²) < 4.78 is 66.7. The topological polar surface area (TPSA) is 47.6 Å². The summed E-state index contributed by atoms with van der Waals surface area (Å²) in [6.07, 6.45) is -4.56. The zero-order chi connectivity index (χ0) is 25.0. The molecule has 9 heteroatoms. The van der Waals surface area contributed by atoms with E-state index in [1.54, 1.807) is 19.1 Å². The maximum Gasteiger partial charge on any atom is 0.495 e. The minimum Gasteiger partial charge on any atom is -0.399 e. The molecule has 33 heavy (non-hydrogen) atoms. The Hall–Kier alpha value is -2.39. The molecule has 0 radical (unpaired) electrons. The van der Waals surface area contributed by atoms with Crippen molar-refractivity contribution in [3.8, 4) is 0 Å². The van der Waals surface area contributed by atoms with Crippen LogP contribution in [-0.2, 0) is 14.7 Å². The van der Waals surface area contributed by atoms with Crippen molar-refractivity contribution in [2.75, 3.05) is 5.32 Å². The predicted molar refractivity (Wildman–Crippen MR) is 120 cm³/mol. The zero-order valence-corrected chi connectivity index (χ0v) is 19.8. The highest BCUT2D eigenvalue weighted by Gasteiger charge is 2.52. The first-order chi connectivity index (χ1) is 15.0. The normalized spacial score (nSPS) is 17.8. The highest BCUT2D eigenvalue weighted by molar-refractivity contribution is 6.62. The number of alkyl halides is 3. The van der Waals surface area contributed by atoms with Gasteiger partial charge in [-0.1, -0.05) is 18.2 Å². The Labute approximate surface area is 191 Å². The quantitative estimate of drug-likeness (QED) is 0.478. The van der Waals surface area contributed by atoms with Crippen molar-refractivity contribution in [2.45, 2.75) is 71.3 Å². The summed E-state index contributed by atoms with van der Waals surface area (Å²) in [7, 11) is -0.646. The minimum atomic E-state index is -4.56. The minimum absolute atomic E-state index is 0.261. The number of halogens is 4. The van der Waals surface area contributed by atoms with E-state index in [4.69, 9.17) is 9.31 Å². The van der Waals surface area contributed by atoms with E-state index in [-0.39, 0.29) is 11.1 Å². The predicted octanol–water partition coefficient (Wildman–Crippen LogP) is 5.53. The first-order valence-corrected chi connectivity index (χ1v) is 10.6. The van der Waals surface area contributed by atoms with E-state index in [9.17, 15) is 22.4 Å². The fraction of sp³-hybridized carbons (Fsp3) is 0.458. The van der Waals surface area contributed by atoms with Crippen LogP contribution in [0.25, 0.3) is 0 Å². The summed E-state index contributed by atoms with van der Waals surface area (Å²) in [6, 6.07) is 8.15. The van der Waals surface area contributed by atoms with Gasteiger partial charge < -0.3 is 14.6 Å². The van der Waals surface area contributed by atoms with Crippen molar-refractivity contribution >= 4 is 24.2 Å². The van der Waals surface area contributed by atoms with Gasteiger partial charge in [0.1, 0.15) is 5.82 Å². The first-order valence-electron chi connectivity index (χ1n) is 10.6. The SMILES string of the molecule is Cc1c(NC(=O)c2ccc(C(C)(C)C(F)(F)F)cc2F)cccc1B1OC(C)(C)C(C)(C)O1. The molecule has 0 spiro atoms. The van der Waals surface area contributed by atoms with E-state index < -0.39 is 41.6 Å². The van der Waals surface area contributed by atoms with Crippen LogP contribution >= 0.6 is 0 Å². The number of carbonyl (C=O) groups is 1. The van der Waals surface area contributed by atoms with Crippen LogP contribution in [0.5, 0.6) is 0 Å². The monoisotopic (exact) mass is 465 g/mol. The van der Waals surface area contributed by atoms with Crippen LogP contribution in [0.2, 0.25) is 0 Å². The van der Waals surface area contributed by atoms with Crippen molar-refractivity contribution in [3.05, 3.63) is 58.9 Å². The molecule has 178 valence electrons. The standard InChI is InChI=1S/C24H28BF4NO3/c1-14-17(25-32-22(4,5)23(6,7)33-25)9-8-10-19(14)30-20(31)16-12-11-15(13-18(16)26)21(2,3)24(27,28)29/h8-13H,1-7H3,(H,30,31). The second kappa shape index (κ2) is 8.13. The Bertz CT molecular complexity index is 1060. The average Bonchev–Trinajstić information content (AvgIpc) is 2.89. The Kier molecular flexibility index (Phi) is 6.22. The molecule has 4 nitrogen and oxygen atoms in total. The van der Waals surface area contributed by atoms with Crippen molar-refractivity contribution < 1.29 is 31.7 Å². The number of hydrogen-bond acceptors (Lipinski definition) is 3. The van der Waals surface area contributed by atoms with Crippen LogP contribution < -0.4 is 10.8 Å². The lowest BCUT2D eigenvalue weighted by molar-refractivity contribution is -0.180. The van der Waals surface area contributed by atoms with Crippen molar-refractivity contribution in [3.63, 3.8) is 0 Å². The van der Waals surface area contributed by atoms with E-state index in [1.165, 1.54) is 0 Å². The third-order valence-corrected chi connectivity index (χ3v) is 6.78. The fourth-order valence-electron chi connectivity index (χ4n) is 3.46. The van der Waals surface area contributed by atoms with Gasteiger partial charge in [0.05, 0.1) is 22.2 Å². The molecular weight excluding hydrogens is 437 g/mol. The summed E-state index contributed by atoms with van der Waals surface area (Å²) in [5, 5.41) is 2.65. The van der Waals surface area contributed by atoms with E-state index in [0.29, 0.717) is 16.7 Å². The van der Waals surface area contributed by atoms with Crippen molar-refractivity contribution in [1.29, 1.82) is 0 Å². The van der Waals surface area contributed by atoms with Crippen LogP contribution in [0.1, 0.15) is 63.0 Å². The maximum absolute atomic E-state index is 14.6. The average molecular weight is 465 g/mol. The molecule has 0 aromatic heterocycles. The maximum atomic E-state index is 14.6. The second-order valence-electron chi connectivity index (χ2n) is 9.88. The molecule has 1 aliphatic rings. The fourth-order valence-corrected chi connectivity index (χ4v) is 3.46. The highest BCUT2D eigenvalue weighted by Crippen LogP contribution is 2.41. The van der Waals surface area contributed by atoms with Crippen LogP contribution in [0, 0.1) is 12.7 Å². The van der Waals surface area contributed by atoms with Gasteiger partial charge in [-0.25, -0.2) is 4.39 Å². The lowest BCUT2D eigenvalue weighted by Gasteiger charge is -2.32. The van der Waals surface area contributed by atoms with Crippen LogP contribution in [0.4, 0.5) is 23.2 Å². The Morgan fingerprint density at radius 3 is 2.09 bits per heavy atom. The van der Waals surface area contributed by atoms with E-state index in [1.807, 2.05) is 33.8 Å². The smallest absolute Gasteiger partial charge is 0.399 e. The molecule has 3 rings (SSSR count). The van der Waals surface area contributed by atoms with E-state index in [0.717, 1.165) is 32.0 Å². The molecule has 1 saturated heterocycles.